The summed E-state index contributed by atoms with van der Waals surface area (Å²) >= 11 is 3.38. The molecule has 3 atom stereocenters. The molecule has 0 radical (unpaired) electrons. The van der Waals surface area contributed by atoms with Gasteiger partial charge in [0.05, 0.1) is 21.9 Å². The molecule has 1 fully saturated rings. The van der Waals surface area contributed by atoms with Gasteiger partial charge in [0.1, 0.15) is 0 Å². The number of benzene rings is 1. The van der Waals surface area contributed by atoms with Crippen molar-refractivity contribution in [2.75, 3.05) is 0 Å². The topological polar surface area (TPSA) is 70.2 Å². The van der Waals surface area contributed by atoms with Crippen molar-refractivity contribution in [3.8, 4) is 0 Å². The molecule has 0 bridgehead atoms. The average molecular weight is 382 g/mol. The minimum atomic E-state index is -0.970. The first kappa shape index (κ1) is 15.5. The highest BCUT2D eigenvalue weighted by Gasteiger charge is 2.30. The maximum absolute atomic E-state index is 12.0. The van der Waals surface area contributed by atoms with Crippen molar-refractivity contribution >= 4 is 43.6 Å². The molecule has 0 aliphatic carbocycles. The summed E-state index contributed by atoms with van der Waals surface area (Å²) in [6.45, 7) is 5.91. The number of aromatic carboxylic acids is 1. The fraction of sp³-hybridized carbons (Fsp3) is 0.312. The van der Waals surface area contributed by atoms with Gasteiger partial charge in [-0.2, -0.15) is 0 Å². The van der Waals surface area contributed by atoms with E-state index in [9.17, 15) is 14.1 Å². The van der Waals surface area contributed by atoms with Gasteiger partial charge in [-0.25, -0.2) is 4.79 Å². The van der Waals surface area contributed by atoms with Gasteiger partial charge in [0, 0.05) is 26.2 Å². The van der Waals surface area contributed by atoms with Gasteiger partial charge >= 0.3 is 5.97 Å². The van der Waals surface area contributed by atoms with E-state index in [1.54, 1.807) is 6.07 Å². The van der Waals surface area contributed by atoms with Crippen LogP contribution in [0, 0.1) is 0 Å². The maximum atomic E-state index is 12.0. The number of carbonyl (C=O) groups is 1. The Morgan fingerprint density at radius 3 is 2.86 bits per heavy atom. The normalized spacial score (nSPS) is 25.5. The van der Waals surface area contributed by atoms with Gasteiger partial charge in [-0.1, -0.05) is 29.4 Å². The minimum absolute atomic E-state index is 0.0716. The van der Waals surface area contributed by atoms with E-state index in [1.807, 2.05) is 19.2 Å². The van der Waals surface area contributed by atoms with Crippen LogP contribution in [-0.4, -0.2) is 25.5 Å². The largest absolute Gasteiger partial charge is 0.478 e. The molecule has 1 aromatic heterocycles. The lowest BCUT2D eigenvalue weighted by molar-refractivity contribution is 0.0699. The Hall–Kier alpha value is -1.40. The number of hydrogen-bond donors (Lipinski definition) is 2. The number of nitrogens with one attached hydrogen (secondary N) is 1. The van der Waals surface area contributed by atoms with Crippen LogP contribution >= 0.6 is 15.9 Å². The summed E-state index contributed by atoms with van der Waals surface area (Å²) in [6, 6.07) is 3.54. The van der Waals surface area contributed by atoms with Crippen molar-refractivity contribution in [1.29, 1.82) is 0 Å². The minimum Gasteiger partial charge on any atom is -0.478 e. The molecule has 1 aliphatic heterocycles. The van der Waals surface area contributed by atoms with Crippen molar-refractivity contribution in [2.45, 2.75) is 30.9 Å². The summed E-state index contributed by atoms with van der Waals surface area (Å²) < 4.78 is 12.8. The van der Waals surface area contributed by atoms with E-state index < -0.39 is 16.8 Å². The first-order valence-corrected chi connectivity index (χ1v) is 9.01. The molecule has 0 saturated carbocycles. The quantitative estimate of drug-likeness (QED) is 0.820. The number of aromatic nitrogens is 1. The first-order valence-electron chi connectivity index (χ1n) is 7.00. The highest BCUT2D eigenvalue weighted by Crippen LogP contribution is 2.40. The Kier molecular flexibility index (Phi) is 3.99. The Labute approximate surface area is 139 Å². The third kappa shape index (κ3) is 2.54. The molecule has 4 nitrogen and oxygen atoms in total. The van der Waals surface area contributed by atoms with Crippen molar-refractivity contribution < 1.29 is 14.1 Å². The van der Waals surface area contributed by atoms with Crippen LogP contribution in [0.5, 0.6) is 0 Å². The highest BCUT2D eigenvalue weighted by atomic mass is 79.9. The first-order chi connectivity index (χ1) is 10.4. The molecule has 2 N–H and O–H groups in total. The smallest absolute Gasteiger partial charge is 0.337 e. The number of carboxylic acids is 1. The average Bonchev–Trinajstić information content (AvgIpc) is 2.86. The third-order valence-electron chi connectivity index (χ3n) is 4.20. The Balaban J connectivity index is 2.11. The summed E-state index contributed by atoms with van der Waals surface area (Å²) in [4.78, 5) is 15.3. The van der Waals surface area contributed by atoms with Crippen molar-refractivity contribution in [3.05, 3.63) is 45.4 Å². The highest BCUT2D eigenvalue weighted by molar-refractivity contribution is 9.10. The van der Waals surface area contributed by atoms with Crippen LogP contribution in [0.2, 0.25) is 0 Å². The lowest BCUT2D eigenvalue weighted by Crippen LogP contribution is -2.23. The second kappa shape index (κ2) is 5.66. The Bertz CT molecular complexity index is 811. The molecule has 3 unspecified atom stereocenters. The van der Waals surface area contributed by atoms with Crippen molar-refractivity contribution in [2.24, 2.45) is 0 Å². The van der Waals surface area contributed by atoms with E-state index in [-0.39, 0.29) is 16.7 Å². The monoisotopic (exact) mass is 381 g/mol. The summed E-state index contributed by atoms with van der Waals surface area (Å²) in [5.74, 6) is -0.743. The van der Waals surface area contributed by atoms with E-state index in [0.29, 0.717) is 11.9 Å². The number of halogens is 1. The Morgan fingerprint density at radius 2 is 2.23 bits per heavy atom. The summed E-state index contributed by atoms with van der Waals surface area (Å²) in [6.07, 6.45) is 3.37. The number of hydrogen-bond acceptors (Lipinski definition) is 2. The third-order valence-corrected chi connectivity index (χ3v) is 6.31. The molecule has 1 aromatic carbocycles. The van der Waals surface area contributed by atoms with Crippen molar-refractivity contribution in [1.82, 2.24) is 4.98 Å². The molecule has 116 valence electrons. The predicted octanol–water partition coefficient (Wildman–Crippen LogP) is 4.16. The predicted molar refractivity (Wildman–Crippen MR) is 91.7 cm³/mol. The summed E-state index contributed by atoms with van der Waals surface area (Å²) in [5.41, 5.74) is 1.96. The summed E-state index contributed by atoms with van der Waals surface area (Å²) in [7, 11) is -0.970. The molecular weight excluding hydrogens is 366 g/mol. The van der Waals surface area contributed by atoms with Crippen LogP contribution in [0.15, 0.2) is 34.3 Å². The van der Waals surface area contributed by atoms with E-state index in [0.717, 1.165) is 26.7 Å². The van der Waals surface area contributed by atoms with Crippen LogP contribution < -0.4 is 0 Å². The van der Waals surface area contributed by atoms with Crippen LogP contribution in [0.1, 0.15) is 41.6 Å². The second-order valence-electron chi connectivity index (χ2n) is 5.71. The molecule has 2 aromatic rings. The van der Waals surface area contributed by atoms with E-state index in [4.69, 9.17) is 0 Å². The van der Waals surface area contributed by atoms with Gasteiger partial charge in [-0.15, -0.1) is 0 Å². The number of fused-ring (bicyclic) bond motifs is 1. The SMILES string of the molecule is C=C1CC(c2c[nH]c3c(C(=O)O)cc(Br)cc23)CC(C)S1=O. The van der Waals surface area contributed by atoms with E-state index in [1.165, 1.54) is 0 Å². The fourth-order valence-corrected chi connectivity index (χ4v) is 4.97. The molecular formula is C16H16BrNO3S. The fourth-order valence-electron chi connectivity index (χ4n) is 3.17. The molecule has 2 heterocycles. The molecule has 1 saturated heterocycles. The Morgan fingerprint density at radius 1 is 1.50 bits per heavy atom. The van der Waals surface area contributed by atoms with Gasteiger partial charge in [-0.05, 0) is 36.5 Å². The molecule has 3 rings (SSSR count). The molecule has 0 amide bonds. The standard InChI is InChI=1S/C16H16BrNO3S/c1-8-3-10(4-9(2)22(8)21)14-7-18-15-12(14)5-11(17)6-13(15)16(19)20/h5-7,9-10,18H,1,3-4H2,2H3,(H,19,20). The number of H-pyrrole nitrogens is 1. The van der Waals surface area contributed by atoms with Crippen LogP contribution in [0.3, 0.4) is 0 Å². The van der Waals surface area contributed by atoms with Gasteiger partial charge in [-0.3, -0.25) is 4.21 Å². The zero-order valence-corrected chi connectivity index (χ0v) is 14.5. The molecule has 0 spiro atoms. The second-order valence-corrected chi connectivity index (χ2v) is 8.60. The van der Waals surface area contributed by atoms with Crippen molar-refractivity contribution in [3.63, 3.8) is 0 Å². The van der Waals surface area contributed by atoms with Gasteiger partial charge in [0.2, 0.25) is 0 Å². The maximum Gasteiger partial charge on any atom is 0.337 e. The van der Waals surface area contributed by atoms with Crippen LogP contribution in [-0.2, 0) is 10.8 Å². The molecule has 6 heteroatoms. The number of carboxylic acid groups (broad SMARTS) is 1. The summed E-state index contributed by atoms with van der Waals surface area (Å²) in [5, 5.41) is 10.3. The van der Waals surface area contributed by atoms with E-state index >= 15 is 0 Å². The van der Waals surface area contributed by atoms with Gasteiger partial charge in [0.15, 0.2) is 0 Å². The van der Waals surface area contributed by atoms with Crippen LogP contribution in [0.4, 0.5) is 0 Å². The molecule has 1 aliphatic rings. The number of rotatable bonds is 2. The molecule has 22 heavy (non-hydrogen) atoms. The number of aromatic amines is 1. The van der Waals surface area contributed by atoms with Crippen LogP contribution in [0.25, 0.3) is 10.9 Å². The zero-order chi connectivity index (χ0) is 16.0. The van der Waals surface area contributed by atoms with Gasteiger partial charge in [0.25, 0.3) is 0 Å². The number of allylic oxidation sites excluding steroid dienone is 1. The zero-order valence-electron chi connectivity index (χ0n) is 12.1. The lowest BCUT2D eigenvalue weighted by atomic mass is 9.90. The van der Waals surface area contributed by atoms with Gasteiger partial charge < -0.3 is 10.1 Å². The van der Waals surface area contributed by atoms with E-state index in [2.05, 4.69) is 27.5 Å². The lowest BCUT2D eigenvalue weighted by Gasteiger charge is -2.27.